The standard InChI is InChI=1S/C22H15BrN2/c23-19-14-8-7-13-18(19)22-24-20(16-9-3-1-4-10-16)15-21(25-22)17-11-5-2-6-12-17/h1-15H. The molecular weight excluding hydrogens is 372 g/mol. The molecule has 0 aliphatic heterocycles. The summed E-state index contributed by atoms with van der Waals surface area (Å²) in [6.45, 7) is 0. The van der Waals surface area contributed by atoms with Crippen molar-refractivity contribution in [3.8, 4) is 33.9 Å². The molecule has 3 aromatic carbocycles. The topological polar surface area (TPSA) is 25.8 Å². The van der Waals surface area contributed by atoms with Crippen LogP contribution in [0.5, 0.6) is 0 Å². The third-order valence-electron chi connectivity index (χ3n) is 3.98. The summed E-state index contributed by atoms with van der Waals surface area (Å²) < 4.78 is 0.985. The largest absolute Gasteiger partial charge is 0.228 e. The summed E-state index contributed by atoms with van der Waals surface area (Å²) >= 11 is 3.61. The van der Waals surface area contributed by atoms with Gasteiger partial charge < -0.3 is 0 Å². The fourth-order valence-electron chi connectivity index (χ4n) is 2.72. The van der Waals surface area contributed by atoms with E-state index in [0.717, 1.165) is 32.6 Å². The lowest BCUT2D eigenvalue weighted by Crippen LogP contribution is -1.96. The molecule has 0 radical (unpaired) electrons. The molecule has 1 heterocycles. The highest BCUT2D eigenvalue weighted by atomic mass is 79.9. The molecule has 0 spiro atoms. The summed E-state index contributed by atoms with van der Waals surface area (Å²) in [7, 11) is 0. The van der Waals surface area contributed by atoms with Crippen LogP contribution in [0.3, 0.4) is 0 Å². The molecule has 0 unspecified atom stereocenters. The van der Waals surface area contributed by atoms with Gasteiger partial charge in [-0.25, -0.2) is 9.97 Å². The molecule has 0 N–H and O–H groups in total. The van der Waals surface area contributed by atoms with Gasteiger partial charge in [0.2, 0.25) is 0 Å². The van der Waals surface area contributed by atoms with Gasteiger partial charge in [0.25, 0.3) is 0 Å². The van der Waals surface area contributed by atoms with Gasteiger partial charge in [-0.3, -0.25) is 0 Å². The molecule has 3 heteroatoms. The normalized spacial score (nSPS) is 10.6. The first-order valence-electron chi connectivity index (χ1n) is 8.06. The molecule has 0 bridgehead atoms. The average Bonchev–Trinajstić information content (AvgIpc) is 2.69. The number of aromatic nitrogens is 2. The first-order chi connectivity index (χ1) is 12.3. The SMILES string of the molecule is Brc1ccccc1-c1nc(-c2ccccc2)cc(-c2ccccc2)n1. The minimum Gasteiger partial charge on any atom is -0.228 e. The molecule has 0 aliphatic carbocycles. The van der Waals surface area contributed by atoms with Crippen LogP contribution in [-0.2, 0) is 0 Å². The number of halogens is 1. The van der Waals surface area contributed by atoms with Crippen molar-refractivity contribution in [1.82, 2.24) is 9.97 Å². The van der Waals surface area contributed by atoms with Crippen molar-refractivity contribution in [1.29, 1.82) is 0 Å². The minimum atomic E-state index is 0.715. The lowest BCUT2D eigenvalue weighted by Gasteiger charge is -2.10. The first-order valence-corrected chi connectivity index (χ1v) is 8.85. The molecule has 4 aromatic rings. The maximum atomic E-state index is 4.82. The molecule has 0 saturated carbocycles. The molecule has 4 rings (SSSR count). The fraction of sp³-hybridized carbons (Fsp3) is 0. The average molecular weight is 387 g/mol. The Kier molecular flexibility index (Phi) is 4.40. The zero-order valence-electron chi connectivity index (χ0n) is 13.4. The number of hydrogen-bond acceptors (Lipinski definition) is 2. The second kappa shape index (κ2) is 6.99. The van der Waals surface area contributed by atoms with Crippen molar-refractivity contribution in [2.45, 2.75) is 0 Å². The van der Waals surface area contributed by atoms with Gasteiger partial charge in [0.1, 0.15) is 0 Å². The van der Waals surface area contributed by atoms with Gasteiger partial charge in [0.15, 0.2) is 5.82 Å². The Bertz CT molecular complexity index is 941. The summed E-state index contributed by atoms with van der Waals surface area (Å²) in [5.41, 5.74) is 4.98. The van der Waals surface area contributed by atoms with Crippen LogP contribution in [0, 0.1) is 0 Å². The van der Waals surface area contributed by atoms with Gasteiger partial charge in [-0.1, -0.05) is 94.8 Å². The van der Waals surface area contributed by atoms with E-state index in [9.17, 15) is 0 Å². The van der Waals surface area contributed by atoms with Gasteiger partial charge in [0.05, 0.1) is 11.4 Å². The number of rotatable bonds is 3. The smallest absolute Gasteiger partial charge is 0.161 e. The van der Waals surface area contributed by atoms with Gasteiger partial charge >= 0.3 is 0 Å². The second-order valence-corrected chi connectivity index (χ2v) is 6.53. The van der Waals surface area contributed by atoms with E-state index < -0.39 is 0 Å². The van der Waals surface area contributed by atoms with Crippen LogP contribution in [0.4, 0.5) is 0 Å². The molecule has 1 aromatic heterocycles. The predicted octanol–water partition coefficient (Wildman–Crippen LogP) is 6.24. The summed E-state index contributed by atoms with van der Waals surface area (Å²) in [5, 5.41) is 0. The van der Waals surface area contributed by atoms with Crippen LogP contribution in [0.25, 0.3) is 33.9 Å². The zero-order valence-corrected chi connectivity index (χ0v) is 15.0. The summed E-state index contributed by atoms with van der Waals surface area (Å²) in [5.74, 6) is 0.715. The van der Waals surface area contributed by atoms with E-state index in [1.165, 1.54) is 0 Å². The lowest BCUT2D eigenvalue weighted by molar-refractivity contribution is 1.18. The molecule has 0 atom stereocenters. The van der Waals surface area contributed by atoms with Gasteiger partial charge in [-0.05, 0) is 12.1 Å². The summed E-state index contributed by atoms with van der Waals surface area (Å²) in [4.78, 5) is 9.64. The minimum absolute atomic E-state index is 0.715. The van der Waals surface area contributed by atoms with E-state index in [1.54, 1.807) is 0 Å². The van der Waals surface area contributed by atoms with Crippen LogP contribution in [0.2, 0.25) is 0 Å². The highest BCUT2D eigenvalue weighted by Crippen LogP contribution is 2.30. The summed E-state index contributed by atoms with van der Waals surface area (Å²) in [6, 6.07) is 30.5. The van der Waals surface area contributed by atoms with Crippen LogP contribution in [-0.4, -0.2) is 9.97 Å². The van der Waals surface area contributed by atoms with E-state index in [1.807, 2.05) is 66.7 Å². The molecule has 0 saturated heterocycles. The monoisotopic (exact) mass is 386 g/mol. The van der Waals surface area contributed by atoms with E-state index in [-0.39, 0.29) is 0 Å². The zero-order chi connectivity index (χ0) is 17.1. The molecule has 2 nitrogen and oxygen atoms in total. The lowest BCUT2D eigenvalue weighted by atomic mass is 10.1. The van der Waals surface area contributed by atoms with E-state index in [2.05, 4.69) is 40.2 Å². The van der Waals surface area contributed by atoms with Gasteiger partial charge in [-0.15, -0.1) is 0 Å². The van der Waals surface area contributed by atoms with Crippen molar-refractivity contribution in [2.75, 3.05) is 0 Å². The van der Waals surface area contributed by atoms with Crippen LogP contribution in [0.1, 0.15) is 0 Å². The maximum Gasteiger partial charge on any atom is 0.161 e. The molecule has 0 aliphatic rings. The van der Waals surface area contributed by atoms with Crippen molar-refractivity contribution in [2.24, 2.45) is 0 Å². The van der Waals surface area contributed by atoms with Crippen molar-refractivity contribution < 1.29 is 0 Å². The molecule has 0 fully saturated rings. The third kappa shape index (κ3) is 3.37. The van der Waals surface area contributed by atoms with Crippen molar-refractivity contribution in [3.63, 3.8) is 0 Å². The van der Waals surface area contributed by atoms with E-state index >= 15 is 0 Å². The van der Waals surface area contributed by atoms with Crippen molar-refractivity contribution in [3.05, 3.63) is 95.5 Å². The Morgan fingerprint density at radius 3 is 1.56 bits per heavy atom. The fourth-order valence-corrected chi connectivity index (χ4v) is 3.19. The Balaban J connectivity index is 1.94. The number of benzene rings is 3. The predicted molar refractivity (Wildman–Crippen MR) is 106 cm³/mol. The Morgan fingerprint density at radius 2 is 1.04 bits per heavy atom. The Labute approximate surface area is 155 Å². The molecular formula is C22H15BrN2. The van der Waals surface area contributed by atoms with Crippen LogP contribution < -0.4 is 0 Å². The highest BCUT2D eigenvalue weighted by Gasteiger charge is 2.11. The van der Waals surface area contributed by atoms with Crippen LogP contribution in [0.15, 0.2) is 95.5 Å². The number of nitrogens with zero attached hydrogens (tertiary/aromatic N) is 2. The van der Waals surface area contributed by atoms with Gasteiger partial charge in [-0.2, -0.15) is 0 Å². The Hall–Kier alpha value is -2.78. The quantitative estimate of drug-likeness (QED) is 0.416. The van der Waals surface area contributed by atoms with E-state index in [0.29, 0.717) is 5.82 Å². The molecule has 0 amide bonds. The third-order valence-corrected chi connectivity index (χ3v) is 4.67. The van der Waals surface area contributed by atoms with Gasteiger partial charge in [0, 0.05) is 21.2 Å². The highest BCUT2D eigenvalue weighted by molar-refractivity contribution is 9.10. The molecule has 25 heavy (non-hydrogen) atoms. The molecule has 120 valence electrons. The van der Waals surface area contributed by atoms with E-state index in [4.69, 9.17) is 9.97 Å². The second-order valence-electron chi connectivity index (χ2n) is 5.67. The maximum absolute atomic E-state index is 4.82. The number of hydrogen-bond donors (Lipinski definition) is 0. The summed E-state index contributed by atoms with van der Waals surface area (Å²) in [6.07, 6.45) is 0. The van der Waals surface area contributed by atoms with Crippen molar-refractivity contribution >= 4 is 15.9 Å². The van der Waals surface area contributed by atoms with Crippen LogP contribution >= 0.6 is 15.9 Å². The first kappa shape index (κ1) is 15.7. The Morgan fingerprint density at radius 1 is 0.560 bits per heavy atom.